The van der Waals surface area contributed by atoms with E-state index in [-0.39, 0.29) is 6.04 Å². The molecule has 0 aliphatic heterocycles. The highest BCUT2D eigenvalue weighted by Crippen LogP contribution is 2.17. The molecule has 0 fully saturated rings. The highest BCUT2D eigenvalue weighted by Gasteiger charge is 2.06. The summed E-state index contributed by atoms with van der Waals surface area (Å²) in [7, 11) is 0. The Labute approximate surface area is 115 Å². The van der Waals surface area contributed by atoms with Crippen LogP contribution in [0, 0.1) is 6.92 Å². The molecule has 0 aliphatic carbocycles. The van der Waals surface area contributed by atoms with Crippen LogP contribution in [-0.2, 0) is 6.42 Å². The van der Waals surface area contributed by atoms with Crippen LogP contribution in [0.1, 0.15) is 29.7 Å². The van der Waals surface area contributed by atoms with Crippen LogP contribution in [0.2, 0.25) is 0 Å². The Morgan fingerprint density at radius 2 is 1.84 bits per heavy atom. The molecule has 2 nitrogen and oxygen atoms in total. The van der Waals surface area contributed by atoms with Crippen molar-refractivity contribution in [2.75, 3.05) is 6.61 Å². The molecule has 0 spiro atoms. The van der Waals surface area contributed by atoms with E-state index in [4.69, 9.17) is 10.5 Å². The first kappa shape index (κ1) is 13.6. The van der Waals surface area contributed by atoms with Crippen molar-refractivity contribution < 1.29 is 4.74 Å². The van der Waals surface area contributed by atoms with Crippen molar-refractivity contribution in [3.63, 3.8) is 0 Å². The second-order valence-electron chi connectivity index (χ2n) is 4.83. The van der Waals surface area contributed by atoms with Crippen LogP contribution < -0.4 is 10.5 Å². The minimum Gasteiger partial charge on any atom is -0.492 e. The topological polar surface area (TPSA) is 35.2 Å². The van der Waals surface area contributed by atoms with Crippen LogP contribution in [0.3, 0.4) is 0 Å². The van der Waals surface area contributed by atoms with Crippen molar-refractivity contribution in [3.8, 4) is 5.75 Å². The van der Waals surface area contributed by atoms with Gasteiger partial charge in [0.1, 0.15) is 12.4 Å². The van der Waals surface area contributed by atoms with E-state index in [9.17, 15) is 0 Å². The van der Waals surface area contributed by atoms with E-state index in [0.29, 0.717) is 6.61 Å². The fourth-order valence-electron chi connectivity index (χ4n) is 1.95. The second-order valence-corrected chi connectivity index (χ2v) is 4.83. The van der Waals surface area contributed by atoms with Crippen LogP contribution >= 0.6 is 0 Å². The number of ether oxygens (including phenoxy) is 1. The predicted molar refractivity (Wildman–Crippen MR) is 79.4 cm³/mol. The van der Waals surface area contributed by atoms with Gasteiger partial charge >= 0.3 is 0 Å². The zero-order valence-electron chi connectivity index (χ0n) is 11.6. The van der Waals surface area contributed by atoms with E-state index >= 15 is 0 Å². The number of rotatable bonds is 5. The number of aryl methyl sites for hydroxylation is 2. The zero-order chi connectivity index (χ0) is 13.7. The molecule has 0 amide bonds. The number of hydrogen-bond donors (Lipinski definition) is 1. The molecule has 1 unspecified atom stereocenters. The fraction of sp³-hybridized carbons (Fsp3) is 0.294. The zero-order valence-corrected chi connectivity index (χ0v) is 11.6. The Bertz CT molecular complexity index is 519. The van der Waals surface area contributed by atoms with Crippen molar-refractivity contribution >= 4 is 0 Å². The quantitative estimate of drug-likeness (QED) is 0.885. The highest BCUT2D eigenvalue weighted by molar-refractivity contribution is 5.29. The van der Waals surface area contributed by atoms with E-state index in [0.717, 1.165) is 17.7 Å². The van der Waals surface area contributed by atoms with Crippen LogP contribution in [0.5, 0.6) is 5.75 Å². The van der Waals surface area contributed by atoms with Crippen LogP contribution in [-0.4, -0.2) is 6.61 Å². The minimum absolute atomic E-state index is 0.0918. The van der Waals surface area contributed by atoms with E-state index in [1.807, 2.05) is 12.1 Å². The standard InChI is InChI=1S/C17H21NO/c1-3-14-5-4-6-16(11-14)19-12-17(18)15-9-7-13(2)8-10-15/h4-11,17H,3,12,18H2,1-2H3. The largest absolute Gasteiger partial charge is 0.492 e. The minimum atomic E-state index is -0.0918. The van der Waals surface area contributed by atoms with Gasteiger partial charge in [0, 0.05) is 0 Å². The van der Waals surface area contributed by atoms with Crippen LogP contribution in [0.4, 0.5) is 0 Å². The van der Waals surface area contributed by atoms with Gasteiger partial charge in [-0.1, -0.05) is 48.9 Å². The first-order valence-corrected chi connectivity index (χ1v) is 6.73. The molecule has 2 aromatic carbocycles. The summed E-state index contributed by atoms with van der Waals surface area (Å²) < 4.78 is 5.77. The summed E-state index contributed by atoms with van der Waals surface area (Å²) in [5.74, 6) is 0.891. The first-order valence-electron chi connectivity index (χ1n) is 6.73. The lowest BCUT2D eigenvalue weighted by Gasteiger charge is -2.14. The SMILES string of the molecule is CCc1cccc(OCC(N)c2ccc(C)cc2)c1. The molecule has 100 valence electrons. The normalized spacial score (nSPS) is 12.2. The molecular weight excluding hydrogens is 234 g/mol. The van der Waals surface area contributed by atoms with E-state index < -0.39 is 0 Å². The monoisotopic (exact) mass is 255 g/mol. The smallest absolute Gasteiger partial charge is 0.119 e. The van der Waals surface area contributed by atoms with Crippen molar-refractivity contribution in [2.24, 2.45) is 5.73 Å². The lowest BCUT2D eigenvalue weighted by atomic mass is 10.1. The Kier molecular flexibility index (Phi) is 4.58. The molecule has 2 aromatic rings. The van der Waals surface area contributed by atoms with Crippen molar-refractivity contribution in [1.82, 2.24) is 0 Å². The Morgan fingerprint density at radius 1 is 1.11 bits per heavy atom. The van der Waals surface area contributed by atoms with E-state index in [1.165, 1.54) is 11.1 Å². The molecule has 0 bridgehead atoms. The summed E-state index contributed by atoms with van der Waals surface area (Å²) in [4.78, 5) is 0. The Balaban J connectivity index is 1.96. The third-order valence-electron chi connectivity index (χ3n) is 3.24. The van der Waals surface area contributed by atoms with Gasteiger partial charge < -0.3 is 10.5 Å². The molecule has 0 heterocycles. The molecule has 0 saturated heterocycles. The van der Waals surface area contributed by atoms with Gasteiger partial charge in [-0.2, -0.15) is 0 Å². The van der Waals surface area contributed by atoms with Crippen molar-refractivity contribution in [3.05, 3.63) is 65.2 Å². The van der Waals surface area contributed by atoms with Gasteiger partial charge in [0.25, 0.3) is 0 Å². The Morgan fingerprint density at radius 3 is 2.53 bits per heavy atom. The molecule has 2 heteroatoms. The Hall–Kier alpha value is -1.80. The number of benzene rings is 2. The molecule has 2 rings (SSSR count). The average molecular weight is 255 g/mol. The fourth-order valence-corrected chi connectivity index (χ4v) is 1.95. The summed E-state index contributed by atoms with van der Waals surface area (Å²) in [6, 6.07) is 16.4. The summed E-state index contributed by atoms with van der Waals surface area (Å²) in [6.45, 7) is 4.70. The van der Waals surface area contributed by atoms with Gasteiger partial charge in [-0.3, -0.25) is 0 Å². The molecular formula is C17H21NO. The predicted octanol–water partition coefficient (Wildman–Crippen LogP) is 3.64. The van der Waals surface area contributed by atoms with Crippen molar-refractivity contribution in [1.29, 1.82) is 0 Å². The molecule has 1 atom stereocenters. The lowest BCUT2D eigenvalue weighted by molar-refractivity contribution is 0.290. The number of nitrogens with two attached hydrogens (primary N) is 1. The van der Waals surface area contributed by atoms with Gasteiger partial charge in [0.05, 0.1) is 6.04 Å². The lowest BCUT2D eigenvalue weighted by Crippen LogP contribution is -2.18. The van der Waals surface area contributed by atoms with E-state index in [2.05, 4.69) is 50.2 Å². The van der Waals surface area contributed by atoms with E-state index in [1.54, 1.807) is 0 Å². The third-order valence-corrected chi connectivity index (χ3v) is 3.24. The van der Waals surface area contributed by atoms with Crippen LogP contribution in [0.15, 0.2) is 48.5 Å². The third kappa shape index (κ3) is 3.83. The van der Waals surface area contributed by atoms with Crippen LogP contribution in [0.25, 0.3) is 0 Å². The molecule has 0 aromatic heterocycles. The molecule has 2 N–H and O–H groups in total. The summed E-state index contributed by atoms with van der Waals surface area (Å²) in [6.07, 6.45) is 1.02. The maximum absolute atomic E-state index is 6.14. The van der Waals surface area contributed by atoms with Gasteiger partial charge in [-0.05, 0) is 36.6 Å². The maximum atomic E-state index is 6.14. The summed E-state index contributed by atoms with van der Waals surface area (Å²) in [5.41, 5.74) is 9.77. The molecule has 0 aliphatic rings. The van der Waals surface area contributed by atoms with Gasteiger partial charge in [-0.15, -0.1) is 0 Å². The molecule has 0 saturated carbocycles. The summed E-state index contributed by atoms with van der Waals surface area (Å²) in [5, 5.41) is 0. The van der Waals surface area contributed by atoms with Gasteiger partial charge in [0.15, 0.2) is 0 Å². The molecule has 0 radical (unpaired) electrons. The number of hydrogen-bond acceptors (Lipinski definition) is 2. The van der Waals surface area contributed by atoms with Crippen molar-refractivity contribution in [2.45, 2.75) is 26.3 Å². The van der Waals surface area contributed by atoms with Gasteiger partial charge in [0.2, 0.25) is 0 Å². The maximum Gasteiger partial charge on any atom is 0.119 e. The first-order chi connectivity index (χ1) is 9.19. The van der Waals surface area contributed by atoms with Gasteiger partial charge in [-0.25, -0.2) is 0 Å². The highest BCUT2D eigenvalue weighted by atomic mass is 16.5. The summed E-state index contributed by atoms with van der Waals surface area (Å²) >= 11 is 0. The average Bonchev–Trinajstić information content (AvgIpc) is 2.46. The molecule has 19 heavy (non-hydrogen) atoms. The second kappa shape index (κ2) is 6.39.